The van der Waals surface area contributed by atoms with Gasteiger partial charge in [-0.1, -0.05) is 17.7 Å². The Morgan fingerprint density at radius 2 is 2.12 bits per heavy atom. The number of benzene rings is 1. The van der Waals surface area contributed by atoms with Crippen LogP contribution in [0.1, 0.15) is 34.8 Å². The molecule has 0 saturated heterocycles. The molecule has 3 aromatic rings. The van der Waals surface area contributed by atoms with Gasteiger partial charge in [0.05, 0.1) is 11.8 Å². The summed E-state index contributed by atoms with van der Waals surface area (Å²) in [7, 11) is 0. The highest BCUT2D eigenvalue weighted by Gasteiger charge is 2.25. The quantitative estimate of drug-likeness (QED) is 0.519. The molecule has 0 radical (unpaired) electrons. The summed E-state index contributed by atoms with van der Waals surface area (Å²) >= 11 is 6.17. The van der Waals surface area contributed by atoms with Gasteiger partial charge in [0.15, 0.2) is 11.6 Å². The van der Waals surface area contributed by atoms with Gasteiger partial charge in [-0.3, -0.25) is 5.10 Å². The molecule has 26 heavy (non-hydrogen) atoms. The SMILES string of the molecule is O=C(O)c1cccc(Nc2ncc(Cl)c(Nc3cc(C4CC4)[nH]n3)n2)c1. The maximum atomic E-state index is 11.1. The average Bonchev–Trinajstić information content (AvgIpc) is 3.38. The van der Waals surface area contributed by atoms with Crippen molar-refractivity contribution in [2.24, 2.45) is 0 Å². The molecule has 0 atom stereocenters. The number of aromatic carboxylic acids is 1. The van der Waals surface area contributed by atoms with E-state index in [4.69, 9.17) is 16.7 Å². The lowest BCUT2D eigenvalue weighted by atomic mass is 10.2. The standard InChI is InChI=1S/C17H15ClN6O2/c18-12-8-19-17(20-11-3-1-2-10(6-11)16(25)26)22-15(12)21-14-7-13(23-24-14)9-4-5-9/h1-3,6-9H,4-5H2,(H,25,26)(H3,19,20,21,22,23,24). The number of hydrogen-bond acceptors (Lipinski definition) is 6. The molecule has 2 aromatic heterocycles. The minimum atomic E-state index is -1.00. The van der Waals surface area contributed by atoms with E-state index in [9.17, 15) is 4.79 Å². The van der Waals surface area contributed by atoms with E-state index in [0.29, 0.717) is 28.3 Å². The molecule has 1 fully saturated rings. The summed E-state index contributed by atoms with van der Waals surface area (Å²) in [6, 6.07) is 8.33. The molecule has 9 heteroatoms. The topological polar surface area (TPSA) is 116 Å². The van der Waals surface area contributed by atoms with Crippen LogP contribution in [0.25, 0.3) is 0 Å². The van der Waals surface area contributed by atoms with Crippen molar-refractivity contribution in [3.05, 3.63) is 52.8 Å². The summed E-state index contributed by atoms with van der Waals surface area (Å²) < 4.78 is 0. The molecular formula is C17H15ClN6O2. The molecule has 4 rings (SSSR count). The molecule has 8 nitrogen and oxygen atoms in total. The van der Waals surface area contributed by atoms with Crippen LogP contribution in [0.3, 0.4) is 0 Å². The number of nitrogens with one attached hydrogen (secondary N) is 3. The highest BCUT2D eigenvalue weighted by molar-refractivity contribution is 6.32. The summed E-state index contributed by atoms with van der Waals surface area (Å²) in [6.45, 7) is 0. The molecule has 1 aliphatic rings. The maximum Gasteiger partial charge on any atom is 0.335 e. The summed E-state index contributed by atoms with van der Waals surface area (Å²) in [5, 5.41) is 22.7. The van der Waals surface area contributed by atoms with Crippen molar-refractivity contribution >= 4 is 40.8 Å². The van der Waals surface area contributed by atoms with Gasteiger partial charge in [-0.25, -0.2) is 9.78 Å². The Morgan fingerprint density at radius 1 is 1.27 bits per heavy atom. The summed E-state index contributed by atoms with van der Waals surface area (Å²) in [6.07, 6.45) is 3.83. The van der Waals surface area contributed by atoms with Crippen molar-refractivity contribution in [1.29, 1.82) is 0 Å². The predicted octanol–water partition coefficient (Wildman–Crippen LogP) is 3.92. The first kappa shape index (κ1) is 16.3. The molecular weight excluding hydrogens is 356 g/mol. The molecule has 0 spiro atoms. The lowest BCUT2D eigenvalue weighted by Gasteiger charge is -2.09. The van der Waals surface area contributed by atoms with Crippen molar-refractivity contribution in [3.8, 4) is 0 Å². The molecule has 0 amide bonds. The van der Waals surface area contributed by atoms with E-state index < -0.39 is 5.97 Å². The molecule has 1 aromatic carbocycles. The van der Waals surface area contributed by atoms with E-state index in [1.807, 2.05) is 6.07 Å². The normalized spacial score (nSPS) is 13.4. The van der Waals surface area contributed by atoms with Crippen LogP contribution in [-0.4, -0.2) is 31.2 Å². The van der Waals surface area contributed by atoms with Crippen molar-refractivity contribution in [3.63, 3.8) is 0 Å². The third-order valence-electron chi connectivity index (χ3n) is 3.97. The largest absolute Gasteiger partial charge is 0.478 e. The Labute approximate surface area is 153 Å². The van der Waals surface area contributed by atoms with Gasteiger partial charge in [-0.05, 0) is 31.0 Å². The number of anilines is 4. The second-order valence-corrected chi connectivity index (χ2v) is 6.42. The third-order valence-corrected chi connectivity index (χ3v) is 4.25. The number of H-pyrrole nitrogens is 1. The fourth-order valence-corrected chi connectivity index (χ4v) is 2.64. The molecule has 1 saturated carbocycles. The zero-order valence-electron chi connectivity index (χ0n) is 13.5. The van der Waals surface area contributed by atoms with Crippen LogP contribution in [-0.2, 0) is 0 Å². The Hall–Kier alpha value is -3.13. The van der Waals surface area contributed by atoms with Gasteiger partial charge < -0.3 is 15.7 Å². The van der Waals surface area contributed by atoms with Crippen molar-refractivity contribution in [2.45, 2.75) is 18.8 Å². The first-order chi connectivity index (χ1) is 12.6. The Bertz CT molecular complexity index is 969. The number of hydrogen-bond donors (Lipinski definition) is 4. The van der Waals surface area contributed by atoms with Gasteiger partial charge in [0, 0.05) is 23.4 Å². The first-order valence-corrected chi connectivity index (χ1v) is 8.41. The summed E-state index contributed by atoms with van der Waals surface area (Å²) in [5.74, 6) is 0.895. The van der Waals surface area contributed by atoms with Crippen LogP contribution < -0.4 is 10.6 Å². The average molecular weight is 371 g/mol. The fraction of sp³-hybridized carbons (Fsp3) is 0.176. The number of aromatic nitrogens is 4. The number of aromatic amines is 1. The molecule has 132 valence electrons. The van der Waals surface area contributed by atoms with Gasteiger partial charge in [-0.15, -0.1) is 0 Å². The number of nitrogens with zero attached hydrogens (tertiary/aromatic N) is 3. The minimum Gasteiger partial charge on any atom is -0.478 e. The first-order valence-electron chi connectivity index (χ1n) is 8.04. The van der Waals surface area contributed by atoms with E-state index >= 15 is 0 Å². The van der Waals surface area contributed by atoms with Gasteiger partial charge >= 0.3 is 5.97 Å². The van der Waals surface area contributed by atoms with Crippen LogP contribution >= 0.6 is 11.6 Å². The highest BCUT2D eigenvalue weighted by Crippen LogP contribution is 2.39. The molecule has 2 heterocycles. The van der Waals surface area contributed by atoms with Crippen LogP contribution in [0.15, 0.2) is 36.5 Å². The Balaban J connectivity index is 1.53. The lowest BCUT2D eigenvalue weighted by Crippen LogP contribution is -2.03. The highest BCUT2D eigenvalue weighted by atomic mass is 35.5. The zero-order valence-corrected chi connectivity index (χ0v) is 14.3. The molecule has 0 unspecified atom stereocenters. The van der Waals surface area contributed by atoms with E-state index in [1.165, 1.54) is 31.2 Å². The van der Waals surface area contributed by atoms with Crippen molar-refractivity contribution in [2.75, 3.05) is 10.6 Å². The number of carboxylic acid groups (broad SMARTS) is 1. The van der Waals surface area contributed by atoms with E-state index in [-0.39, 0.29) is 11.5 Å². The van der Waals surface area contributed by atoms with Gasteiger partial charge in [0.1, 0.15) is 5.02 Å². The molecule has 0 aliphatic heterocycles. The van der Waals surface area contributed by atoms with Crippen LogP contribution in [0.2, 0.25) is 5.02 Å². The third kappa shape index (κ3) is 3.60. The number of rotatable bonds is 6. The van der Waals surface area contributed by atoms with E-state index in [0.717, 1.165) is 5.69 Å². The summed E-state index contributed by atoms with van der Waals surface area (Å²) in [4.78, 5) is 19.5. The molecule has 1 aliphatic carbocycles. The maximum absolute atomic E-state index is 11.1. The Morgan fingerprint density at radius 3 is 2.88 bits per heavy atom. The van der Waals surface area contributed by atoms with Crippen molar-refractivity contribution < 1.29 is 9.90 Å². The number of carboxylic acids is 1. The predicted molar refractivity (Wildman–Crippen MR) is 97.6 cm³/mol. The van der Waals surface area contributed by atoms with Crippen LogP contribution in [0.5, 0.6) is 0 Å². The minimum absolute atomic E-state index is 0.173. The molecule has 4 N–H and O–H groups in total. The second kappa shape index (κ2) is 6.64. The fourth-order valence-electron chi connectivity index (χ4n) is 2.50. The van der Waals surface area contributed by atoms with Crippen LogP contribution in [0, 0.1) is 0 Å². The Kier molecular flexibility index (Phi) is 4.18. The monoisotopic (exact) mass is 370 g/mol. The smallest absolute Gasteiger partial charge is 0.335 e. The van der Waals surface area contributed by atoms with Crippen molar-refractivity contribution in [1.82, 2.24) is 20.2 Å². The van der Waals surface area contributed by atoms with E-state index in [1.54, 1.807) is 12.1 Å². The van der Waals surface area contributed by atoms with Gasteiger partial charge in [0.25, 0.3) is 0 Å². The zero-order chi connectivity index (χ0) is 18.1. The lowest BCUT2D eigenvalue weighted by molar-refractivity contribution is 0.0697. The number of carbonyl (C=O) groups is 1. The van der Waals surface area contributed by atoms with Gasteiger partial charge in [-0.2, -0.15) is 10.1 Å². The van der Waals surface area contributed by atoms with E-state index in [2.05, 4.69) is 30.8 Å². The van der Waals surface area contributed by atoms with Gasteiger partial charge in [0.2, 0.25) is 5.95 Å². The molecule has 0 bridgehead atoms. The summed E-state index contributed by atoms with van der Waals surface area (Å²) in [5.41, 5.74) is 1.84. The number of halogens is 1. The second-order valence-electron chi connectivity index (χ2n) is 6.01. The van der Waals surface area contributed by atoms with Crippen LogP contribution in [0.4, 0.5) is 23.3 Å².